The van der Waals surface area contributed by atoms with E-state index in [1.54, 1.807) is 0 Å². The van der Waals surface area contributed by atoms with Gasteiger partial charge in [0.25, 0.3) is 0 Å². The van der Waals surface area contributed by atoms with Gasteiger partial charge in [-0.1, -0.05) is 30.3 Å². The molecule has 5 heteroatoms. The first-order chi connectivity index (χ1) is 8.71. The van der Waals surface area contributed by atoms with Crippen LogP contribution in [0.3, 0.4) is 0 Å². The molecule has 0 saturated carbocycles. The van der Waals surface area contributed by atoms with Crippen LogP contribution in [0.15, 0.2) is 30.3 Å². The maximum atomic E-state index is 12.4. The van der Waals surface area contributed by atoms with Gasteiger partial charge in [-0.25, -0.2) is 0 Å². The fraction of sp³-hybridized carbons (Fsp3) is 0.429. The molecule has 3 rings (SSSR count). The van der Waals surface area contributed by atoms with Crippen LogP contribution in [0, 0.1) is 5.41 Å². The Labute approximate surface area is 118 Å². The molecular formula is C14H17ClN2O2. The van der Waals surface area contributed by atoms with Gasteiger partial charge in [0, 0.05) is 13.0 Å². The highest BCUT2D eigenvalue weighted by atomic mass is 35.5. The quantitative estimate of drug-likeness (QED) is 0.832. The highest BCUT2D eigenvalue weighted by Gasteiger charge is 2.52. The summed E-state index contributed by atoms with van der Waals surface area (Å²) in [5, 5.41) is 3.19. The minimum Gasteiger partial charge on any atom is -0.316 e. The molecule has 2 aliphatic heterocycles. The van der Waals surface area contributed by atoms with Crippen molar-refractivity contribution in [3.05, 3.63) is 35.9 Å². The van der Waals surface area contributed by atoms with Crippen LogP contribution in [0.1, 0.15) is 18.4 Å². The normalized spacial score (nSPS) is 26.0. The molecule has 102 valence electrons. The van der Waals surface area contributed by atoms with Gasteiger partial charge in [-0.15, -0.1) is 12.4 Å². The lowest BCUT2D eigenvalue weighted by atomic mass is 9.85. The van der Waals surface area contributed by atoms with E-state index in [1.165, 1.54) is 4.90 Å². The van der Waals surface area contributed by atoms with Gasteiger partial charge in [-0.2, -0.15) is 0 Å². The van der Waals surface area contributed by atoms with Crippen LogP contribution in [0.2, 0.25) is 0 Å². The second-order valence-corrected chi connectivity index (χ2v) is 5.15. The second kappa shape index (κ2) is 5.31. The topological polar surface area (TPSA) is 49.4 Å². The van der Waals surface area contributed by atoms with Gasteiger partial charge in [0.15, 0.2) is 0 Å². The van der Waals surface area contributed by atoms with Gasteiger partial charge in [0.2, 0.25) is 11.8 Å². The summed E-state index contributed by atoms with van der Waals surface area (Å²) in [5.74, 6) is -0.0334. The molecular weight excluding hydrogens is 264 g/mol. The molecule has 0 bridgehead atoms. The Morgan fingerprint density at radius 1 is 1.21 bits per heavy atom. The van der Waals surface area contributed by atoms with E-state index in [9.17, 15) is 9.59 Å². The number of carbonyl (C=O) groups excluding carboxylic acids is 2. The van der Waals surface area contributed by atoms with E-state index in [4.69, 9.17) is 0 Å². The number of hydrogen-bond acceptors (Lipinski definition) is 3. The predicted molar refractivity (Wildman–Crippen MR) is 73.8 cm³/mol. The zero-order chi connectivity index (χ0) is 12.6. The van der Waals surface area contributed by atoms with Crippen LogP contribution < -0.4 is 5.32 Å². The molecule has 0 aromatic heterocycles. The lowest BCUT2D eigenvalue weighted by Gasteiger charge is -2.20. The standard InChI is InChI=1S/C14H16N2O2.ClH/c17-12-8-14(6-7-15-10-14)13(18)16(12)9-11-4-2-1-3-5-11;/h1-5,15H,6-10H2;1H. The van der Waals surface area contributed by atoms with Crippen molar-refractivity contribution in [1.29, 1.82) is 0 Å². The minimum absolute atomic E-state index is 0. The molecule has 2 saturated heterocycles. The summed E-state index contributed by atoms with van der Waals surface area (Å²) in [6, 6.07) is 9.66. The molecule has 1 atom stereocenters. The van der Waals surface area contributed by atoms with Gasteiger partial charge in [0.1, 0.15) is 0 Å². The molecule has 2 fully saturated rings. The van der Waals surface area contributed by atoms with Crippen molar-refractivity contribution in [2.45, 2.75) is 19.4 Å². The number of imide groups is 1. The Bertz CT molecular complexity index is 483. The van der Waals surface area contributed by atoms with Gasteiger partial charge in [0.05, 0.1) is 12.0 Å². The second-order valence-electron chi connectivity index (χ2n) is 5.15. The molecule has 2 heterocycles. The molecule has 0 radical (unpaired) electrons. The van der Waals surface area contributed by atoms with Crippen LogP contribution in [0.4, 0.5) is 0 Å². The Hall–Kier alpha value is -1.39. The number of halogens is 1. The molecule has 0 aliphatic carbocycles. The number of carbonyl (C=O) groups is 2. The summed E-state index contributed by atoms with van der Waals surface area (Å²) in [6.45, 7) is 1.88. The van der Waals surface area contributed by atoms with E-state index in [0.29, 0.717) is 19.5 Å². The van der Waals surface area contributed by atoms with Crippen molar-refractivity contribution >= 4 is 24.2 Å². The lowest BCUT2D eigenvalue weighted by molar-refractivity contribution is -0.141. The highest BCUT2D eigenvalue weighted by Crippen LogP contribution is 2.38. The van der Waals surface area contributed by atoms with E-state index < -0.39 is 5.41 Å². The highest BCUT2D eigenvalue weighted by molar-refractivity contribution is 6.06. The molecule has 1 unspecified atom stereocenters. The Morgan fingerprint density at radius 3 is 2.58 bits per heavy atom. The number of rotatable bonds is 2. The maximum absolute atomic E-state index is 12.4. The van der Waals surface area contributed by atoms with Crippen LogP contribution in [0.5, 0.6) is 0 Å². The summed E-state index contributed by atoms with van der Waals surface area (Å²) in [7, 11) is 0. The molecule has 2 aliphatic rings. The molecule has 1 spiro atoms. The Kier molecular flexibility index (Phi) is 3.92. The first kappa shape index (κ1) is 14.0. The molecule has 2 amide bonds. The van der Waals surface area contributed by atoms with Crippen LogP contribution >= 0.6 is 12.4 Å². The summed E-state index contributed by atoms with van der Waals surface area (Å²) in [6.07, 6.45) is 1.15. The fourth-order valence-electron chi connectivity index (χ4n) is 2.86. The third-order valence-corrected chi connectivity index (χ3v) is 3.92. The summed E-state index contributed by atoms with van der Waals surface area (Å²) >= 11 is 0. The molecule has 19 heavy (non-hydrogen) atoms. The minimum atomic E-state index is -0.453. The van der Waals surface area contributed by atoms with Crippen LogP contribution in [0.25, 0.3) is 0 Å². The van der Waals surface area contributed by atoms with Gasteiger partial charge in [-0.05, 0) is 18.5 Å². The third kappa shape index (κ3) is 2.38. The SMILES string of the molecule is Cl.O=C1CC2(CCNC2)C(=O)N1Cc1ccccc1. The van der Waals surface area contributed by atoms with E-state index >= 15 is 0 Å². The zero-order valence-corrected chi connectivity index (χ0v) is 11.4. The number of benzene rings is 1. The van der Waals surface area contributed by atoms with Gasteiger partial charge in [-0.3, -0.25) is 14.5 Å². The Morgan fingerprint density at radius 2 is 1.95 bits per heavy atom. The monoisotopic (exact) mass is 280 g/mol. The van der Waals surface area contributed by atoms with E-state index in [2.05, 4.69) is 5.32 Å². The smallest absolute Gasteiger partial charge is 0.237 e. The maximum Gasteiger partial charge on any atom is 0.237 e. The molecule has 1 aromatic rings. The first-order valence-corrected chi connectivity index (χ1v) is 6.31. The van der Waals surface area contributed by atoms with E-state index in [-0.39, 0.29) is 24.2 Å². The molecule has 1 N–H and O–H groups in total. The largest absolute Gasteiger partial charge is 0.316 e. The van der Waals surface area contributed by atoms with Crippen molar-refractivity contribution in [3.63, 3.8) is 0 Å². The van der Waals surface area contributed by atoms with Crippen molar-refractivity contribution in [3.8, 4) is 0 Å². The van der Waals surface area contributed by atoms with Crippen LogP contribution in [-0.4, -0.2) is 29.8 Å². The fourth-order valence-corrected chi connectivity index (χ4v) is 2.86. The average molecular weight is 281 g/mol. The van der Waals surface area contributed by atoms with Gasteiger partial charge >= 0.3 is 0 Å². The van der Waals surface area contributed by atoms with Crippen molar-refractivity contribution in [2.75, 3.05) is 13.1 Å². The van der Waals surface area contributed by atoms with E-state index in [0.717, 1.165) is 18.5 Å². The summed E-state index contributed by atoms with van der Waals surface area (Å²) in [4.78, 5) is 25.9. The first-order valence-electron chi connectivity index (χ1n) is 6.31. The zero-order valence-electron chi connectivity index (χ0n) is 10.6. The molecule has 1 aromatic carbocycles. The third-order valence-electron chi connectivity index (χ3n) is 3.92. The number of hydrogen-bond donors (Lipinski definition) is 1. The summed E-state index contributed by atoms with van der Waals surface area (Å²) in [5.41, 5.74) is 0.550. The van der Waals surface area contributed by atoms with E-state index in [1.807, 2.05) is 30.3 Å². The Balaban J connectivity index is 0.00000133. The number of likely N-dealkylation sites (tertiary alicyclic amines) is 1. The summed E-state index contributed by atoms with van der Waals surface area (Å²) < 4.78 is 0. The van der Waals surface area contributed by atoms with Crippen molar-refractivity contribution in [1.82, 2.24) is 10.2 Å². The number of amides is 2. The van der Waals surface area contributed by atoms with Crippen molar-refractivity contribution < 1.29 is 9.59 Å². The molecule has 4 nitrogen and oxygen atoms in total. The predicted octanol–water partition coefficient (Wildman–Crippen LogP) is 1.35. The van der Waals surface area contributed by atoms with Crippen molar-refractivity contribution in [2.24, 2.45) is 5.41 Å². The van der Waals surface area contributed by atoms with Gasteiger partial charge < -0.3 is 5.32 Å². The lowest BCUT2D eigenvalue weighted by Crippen LogP contribution is -2.36. The average Bonchev–Trinajstić information content (AvgIpc) is 2.93. The van der Waals surface area contributed by atoms with Crippen LogP contribution in [-0.2, 0) is 16.1 Å². The number of nitrogens with zero attached hydrogens (tertiary/aromatic N) is 1. The number of nitrogens with one attached hydrogen (secondary N) is 1.